The molecule has 0 bridgehead atoms. The van der Waals surface area contributed by atoms with Gasteiger partial charge >= 0.3 is 0 Å². The van der Waals surface area contributed by atoms with Crippen molar-refractivity contribution in [3.8, 4) is 11.5 Å². The maximum Gasteiger partial charge on any atom is 0.258 e. The molecule has 0 saturated heterocycles. The van der Waals surface area contributed by atoms with E-state index in [1.165, 1.54) is 5.56 Å². The van der Waals surface area contributed by atoms with Crippen molar-refractivity contribution in [2.24, 2.45) is 5.73 Å². The number of amides is 1. The summed E-state index contributed by atoms with van der Waals surface area (Å²) in [5.41, 5.74) is 7.49. The highest BCUT2D eigenvalue weighted by Crippen LogP contribution is 2.34. The lowest BCUT2D eigenvalue weighted by Crippen LogP contribution is -2.33. The summed E-state index contributed by atoms with van der Waals surface area (Å²) >= 11 is 0. The third kappa shape index (κ3) is 3.81. The third-order valence-corrected chi connectivity index (χ3v) is 3.69. The second kappa shape index (κ2) is 7.15. The number of carbonyl (C=O) groups excluding carboxylic acids is 1. The minimum atomic E-state index is -0.655. The summed E-state index contributed by atoms with van der Waals surface area (Å²) in [6, 6.07) is 16.7. The first kappa shape index (κ1) is 15.4. The van der Waals surface area contributed by atoms with E-state index in [-0.39, 0.29) is 0 Å². The van der Waals surface area contributed by atoms with Gasteiger partial charge in [-0.15, -0.1) is 0 Å². The highest BCUT2D eigenvalue weighted by Gasteiger charge is 2.24. The number of ether oxygens (including phenoxy) is 2. The van der Waals surface area contributed by atoms with Gasteiger partial charge in [-0.2, -0.15) is 0 Å². The smallest absolute Gasteiger partial charge is 0.258 e. The lowest BCUT2D eigenvalue weighted by atomic mass is 10.1. The Morgan fingerprint density at radius 2 is 2.09 bits per heavy atom. The summed E-state index contributed by atoms with van der Waals surface area (Å²) in [5.74, 6) is 0.701. The summed E-state index contributed by atoms with van der Waals surface area (Å²) in [4.78, 5) is 11.3. The largest absolute Gasteiger partial charge is 0.489 e. The van der Waals surface area contributed by atoms with Gasteiger partial charge in [-0.25, -0.2) is 0 Å². The minimum Gasteiger partial charge on any atom is -0.489 e. The fraction of sp³-hybridized carbons (Fsp3) is 0.278. The predicted molar refractivity (Wildman–Crippen MR) is 86.0 cm³/mol. The Bertz CT molecular complexity index is 673. The first-order valence-electron chi connectivity index (χ1n) is 7.60. The van der Waals surface area contributed by atoms with Gasteiger partial charge in [0, 0.05) is 25.1 Å². The number of fused-ring (bicyclic) bond motifs is 1. The first-order valence-corrected chi connectivity index (χ1v) is 7.60. The van der Waals surface area contributed by atoms with Crippen LogP contribution < -0.4 is 20.5 Å². The van der Waals surface area contributed by atoms with Gasteiger partial charge < -0.3 is 20.5 Å². The van der Waals surface area contributed by atoms with Crippen LogP contribution in [0.2, 0.25) is 0 Å². The van der Waals surface area contributed by atoms with Crippen LogP contribution in [0.25, 0.3) is 0 Å². The van der Waals surface area contributed by atoms with Gasteiger partial charge in [0.25, 0.3) is 5.91 Å². The molecule has 1 heterocycles. The van der Waals surface area contributed by atoms with Crippen molar-refractivity contribution in [2.75, 3.05) is 6.61 Å². The molecule has 1 aliphatic heterocycles. The van der Waals surface area contributed by atoms with Crippen molar-refractivity contribution in [1.82, 2.24) is 5.32 Å². The fourth-order valence-electron chi connectivity index (χ4n) is 2.51. The lowest BCUT2D eigenvalue weighted by Gasteiger charge is -2.14. The first-order chi connectivity index (χ1) is 11.2. The van der Waals surface area contributed by atoms with Gasteiger partial charge in [-0.1, -0.05) is 30.3 Å². The van der Waals surface area contributed by atoms with Crippen LogP contribution >= 0.6 is 0 Å². The molecule has 1 unspecified atom stereocenters. The van der Waals surface area contributed by atoms with E-state index in [0.717, 1.165) is 12.1 Å². The maximum absolute atomic E-state index is 11.3. The van der Waals surface area contributed by atoms with Gasteiger partial charge in [-0.3, -0.25) is 4.79 Å². The van der Waals surface area contributed by atoms with Gasteiger partial charge in [0.1, 0.15) is 0 Å². The van der Waals surface area contributed by atoms with Crippen LogP contribution in [-0.2, 0) is 17.9 Å². The van der Waals surface area contributed by atoms with E-state index >= 15 is 0 Å². The van der Waals surface area contributed by atoms with Crippen molar-refractivity contribution >= 4 is 5.91 Å². The summed E-state index contributed by atoms with van der Waals surface area (Å²) < 4.78 is 11.4. The van der Waals surface area contributed by atoms with Gasteiger partial charge in [-0.05, 0) is 23.8 Å². The van der Waals surface area contributed by atoms with E-state index < -0.39 is 12.0 Å². The molecule has 2 aromatic rings. The molecule has 3 N–H and O–H groups in total. The van der Waals surface area contributed by atoms with Gasteiger partial charge in [0.05, 0.1) is 6.61 Å². The molecule has 1 radical (unpaired) electrons. The highest BCUT2D eigenvalue weighted by molar-refractivity contribution is 5.79. The van der Waals surface area contributed by atoms with E-state index in [9.17, 15) is 4.79 Å². The number of primary amides is 1. The summed E-state index contributed by atoms with van der Waals surface area (Å²) in [5, 5.41) is 3.38. The molecule has 1 aliphatic rings. The van der Waals surface area contributed by atoms with Crippen molar-refractivity contribution in [3.63, 3.8) is 0 Å². The Hall–Kier alpha value is -2.53. The third-order valence-electron chi connectivity index (χ3n) is 3.69. The number of benzene rings is 2. The summed E-state index contributed by atoms with van der Waals surface area (Å²) in [6.45, 7) is 1.78. The maximum atomic E-state index is 11.3. The van der Waals surface area contributed by atoms with Crippen LogP contribution in [0, 0.1) is 6.07 Å². The molecule has 5 heteroatoms. The van der Waals surface area contributed by atoms with Crippen LogP contribution in [0.1, 0.15) is 17.5 Å². The molecule has 0 aliphatic carbocycles. The lowest BCUT2D eigenvalue weighted by molar-refractivity contribution is -0.124. The Balaban J connectivity index is 1.69. The highest BCUT2D eigenvalue weighted by atomic mass is 16.5. The molecule has 2 aromatic carbocycles. The molecule has 0 saturated carbocycles. The molecule has 23 heavy (non-hydrogen) atoms. The van der Waals surface area contributed by atoms with E-state index in [0.29, 0.717) is 31.1 Å². The van der Waals surface area contributed by atoms with Crippen LogP contribution in [0.15, 0.2) is 42.5 Å². The molecule has 5 nitrogen and oxygen atoms in total. The molecule has 1 atom stereocenters. The van der Waals surface area contributed by atoms with E-state index in [1.807, 2.05) is 24.3 Å². The van der Waals surface area contributed by atoms with E-state index in [1.54, 1.807) is 6.07 Å². The predicted octanol–water partition coefficient (Wildman–Crippen LogP) is 1.79. The average molecular weight is 311 g/mol. The Morgan fingerprint density at radius 3 is 2.87 bits per heavy atom. The quantitative estimate of drug-likeness (QED) is 0.883. The second-order valence-corrected chi connectivity index (χ2v) is 5.41. The second-order valence-electron chi connectivity index (χ2n) is 5.41. The standard InChI is InChI=1S/C18H19N2O3/c19-18(21)16-9-10-22-17-14(7-4-8-15(17)23-16)12-20-11-13-5-2-1-3-6-13/h1-3,5-8,16,20H,9-12H2,(H2,19,21). The Kier molecular flexibility index (Phi) is 4.78. The molecule has 0 spiro atoms. The number of hydrogen-bond donors (Lipinski definition) is 2. The van der Waals surface area contributed by atoms with Crippen LogP contribution in [-0.4, -0.2) is 18.6 Å². The average Bonchev–Trinajstić information content (AvgIpc) is 2.79. The number of carbonyl (C=O) groups is 1. The number of hydrogen-bond acceptors (Lipinski definition) is 4. The normalized spacial score (nSPS) is 16.6. The van der Waals surface area contributed by atoms with Crippen LogP contribution in [0.5, 0.6) is 11.5 Å². The minimum absolute atomic E-state index is 0.399. The van der Waals surface area contributed by atoms with Crippen LogP contribution in [0.4, 0.5) is 0 Å². The molecule has 0 aromatic heterocycles. The molecular weight excluding hydrogens is 292 g/mol. The number of nitrogens with one attached hydrogen (secondary N) is 1. The molecule has 119 valence electrons. The molecular formula is C18H19N2O3. The zero-order valence-corrected chi connectivity index (χ0v) is 12.7. The van der Waals surface area contributed by atoms with E-state index in [2.05, 4.69) is 23.5 Å². The van der Waals surface area contributed by atoms with Crippen molar-refractivity contribution in [2.45, 2.75) is 25.6 Å². The summed E-state index contributed by atoms with van der Waals surface area (Å²) in [6.07, 6.45) is -0.210. The SMILES string of the molecule is NC(=O)C1CCOc2c(CNCc3ccccc3)c[c]cc2O1. The Labute approximate surface area is 135 Å². The van der Waals surface area contributed by atoms with Gasteiger partial charge in [0.15, 0.2) is 17.6 Å². The monoisotopic (exact) mass is 311 g/mol. The topological polar surface area (TPSA) is 73.6 Å². The molecule has 0 fully saturated rings. The zero-order chi connectivity index (χ0) is 16.1. The van der Waals surface area contributed by atoms with Crippen LogP contribution in [0.3, 0.4) is 0 Å². The molecule has 3 rings (SSSR count). The molecule has 1 amide bonds. The summed E-state index contributed by atoms with van der Waals surface area (Å²) in [7, 11) is 0. The van der Waals surface area contributed by atoms with Crippen molar-refractivity contribution in [1.29, 1.82) is 0 Å². The van der Waals surface area contributed by atoms with Crippen molar-refractivity contribution < 1.29 is 14.3 Å². The van der Waals surface area contributed by atoms with Gasteiger partial charge in [0.2, 0.25) is 0 Å². The number of rotatable bonds is 5. The Morgan fingerprint density at radius 1 is 1.26 bits per heavy atom. The zero-order valence-electron chi connectivity index (χ0n) is 12.7. The van der Waals surface area contributed by atoms with Crippen molar-refractivity contribution in [3.05, 3.63) is 59.7 Å². The number of nitrogens with two attached hydrogens (primary N) is 1. The fourth-order valence-corrected chi connectivity index (χ4v) is 2.51. The van der Waals surface area contributed by atoms with E-state index in [4.69, 9.17) is 15.2 Å².